The van der Waals surface area contributed by atoms with E-state index in [1.807, 2.05) is 0 Å². The van der Waals surface area contributed by atoms with Crippen molar-refractivity contribution in [1.82, 2.24) is 4.90 Å². The van der Waals surface area contributed by atoms with Gasteiger partial charge < -0.3 is 5.11 Å². The van der Waals surface area contributed by atoms with Crippen LogP contribution in [0.2, 0.25) is 0 Å². The molecule has 0 heterocycles. The van der Waals surface area contributed by atoms with Gasteiger partial charge in [0.25, 0.3) is 0 Å². The predicted octanol–water partition coefficient (Wildman–Crippen LogP) is 2.36. The lowest BCUT2D eigenvalue weighted by atomic mass is 9.91. The van der Waals surface area contributed by atoms with Gasteiger partial charge in [-0.2, -0.15) is 0 Å². The van der Waals surface area contributed by atoms with Crippen LogP contribution < -0.4 is 0 Å². The Morgan fingerprint density at radius 2 is 2.00 bits per heavy atom. The lowest BCUT2D eigenvalue weighted by Crippen LogP contribution is -2.42. The Bertz CT molecular complexity index is 284. The Hall–Kier alpha value is -0.570. The normalized spacial score (nSPS) is 33.2. The van der Waals surface area contributed by atoms with Gasteiger partial charge in [-0.15, -0.1) is 0 Å². The zero-order valence-corrected chi connectivity index (χ0v) is 10.6. The fraction of sp³-hybridized carbons (Fsp3) is 0.923. The average Bonchev–Trinajstić information content (AvgIpc) is 2.89. The van der Waals surface area contributed by atoms with Crippen LogP contribution in [0.3, 0.4) is 0 Å². The van der Waals surface area contributed by atoms with Gasteiger partial charge in [0.05, 0.1) is 6.54 Å². The Balaban J connectivity index is 2.05. The Morgan fingerprint density at radius 1 is 1.38 bits per heavy atom. The number of hydrogen-bond acceptors (Lipinski definition) is 2. The molecule has 2 aliphatic rings. The summed E-state index contributed by atoms with van der Waals surface area (Å²) >= 11 is 0. The molecule has 2 rings (SSSR count). The van der Waals surface area contributed by atoms with Crippen LogP contribution >= 0.6 is 0 Å². The van der Waals surface area contributed by atoms with Crippen molar-refractivity contribution in [3.05, 3.63) is 0 Å². The smallest absolute Gasteiger partial charge is 0.317 e. The summed E-state index contributed by atoms with van der Waals surface area (Å²) in [5.41, 5.74) is 0.385. The third-order valence-electron chi connectivity index (χ3n) is 4.05. The van der Waals surface area contributed by atoms with Crippen LogP contribution in [0.15, 0.2) is 0 Å². The number of aliphatic carboxylic acids is 1. The molecule has 0 spiro atoms. The highest BCUT2D eigenvalue weighted by molar-refractivity contribution is 5.69. The van der Waals surface area contributed by atoms with E-state index < -0.39 is 5.97 Å². The number of rotatable bonds is 4. The molecule has 1 N–H and O–H groups in total. The topological polar surface area (TPSA) is 40.5 Å². The number of hydrogen-bond donors (Lipinski definition) is 1. The Morgan fingerprint density at radius 3 is 2.38 bits per heavy atom. The molecule has 0 aromatic carbocycles. The molecule has 2 saturated carbocycles. The summed E-state index contributed by atoms with van der Waals surface area (Å²) in [6, 6.07) is 1.04. The first-order valence-electron chi connectivity index (χ1n) is 6.36. The third kappa shape index (κ3) is 2.57. The van der Waals surface area contributed by atoms with Crippen molar-refractivity contribution in [3.63, 3.8) is 0 Å². The van der Waals surface area contributed by atoms with Crippen LogP contribution in [-0.2, 0) is 4.79 Å². The highest BCUT2D eigenvalue weighted by Crippen LogP contribution is 2.45. The van der Waals surface area contributed by atoms with Gasteiger partial charge >= 0.3 is 5.97 Å². The van der Waals surface area contributed by atoms with E-state index >= 15 is 0 Å². The van der Waals surface area contributed by atoms with E-state index in [9.17, 15) is 4.79 Å². The molecule has 2 aliphatic carbocycles. The molecular formula is C13H23NO2. The Labute approximate surface area is 97.8 Å². The second-order valence-corrected chi connectivity index (χ2v) is 6.41. The van der Waals surface area contributed by atoms with Crippen molar-refractivity contribution in [2.45, 2.75) is 58.5 Å². The molecule has 0 bridgehead atoms. The van der Waals surface area contributed by atoms with Crippen LogP contribution in [0.1, 0.15) is 46.5 Å². The quantitative estimate of drug-likeness (QED) is 0.798. The van der Waals surface area contributed by atoms with E-state index in [1.54, 1.807) is 0 Å². The van der Waals surface area contributed by atoms with Crippen LogP contribution in [0.25, 0.3) is 0 Å². The van der Waals surface area contributed by atoms with Gasteiger partial charge in [-0.25, -0.2) is 0 Å². The van der Waals surface area contributed by atoms with Crippen molar-refractivity contribution in [1.29, 1.82) is 0 Å². The van der Waals surface area contributed by atoms with Crippen LogP contribution in [0, 0.1) is 11.3 Å². The standard InChI is InChI=1S/C13H23NO2/c1-9-6-13(2,3)7-11(9)14(8-12(15)16)10-4-5-10/h9-11H,4-8H2,1-3H3,(H,15,16). The SMILES string of the molecule is CC1CC(C)(C)CC1N(CC(=O)O)C1CC1. The highest BCUT2D eigenvalue weighted by atomic mass is 16.4. The van der Waals surface area contributed by atoms with Gasteiger partial charge in [0, 0.05) is 12.1 Å². The van der Waals surface area contributed by atoms with Crippen LogP contribution in [0.4, 0.5) is 0 Å². The third-order valence-corrected chi connectivity index (χ3v) is 4.05. The molecule has 2 unspecified atom stereocenters. The zero-order chi connectivity index (χ0) is 11.9. The average molecular weight is 225 g/mol. The second kappa shape index (κ2) is 4.02. The molecule has 3 heteroatoms. The molecule has 2 fully saturated rings. The molecule has 0 aromatic heterocycles. The maximum absolute atomic E-state index is 10.9. The summed E-state index contributed by atoms with van der Waals surface area (Å²) in [6.45, 7) is 7.11. The summed E-state index contributed by atoms with van der Waals surface area (Å²) in [4.78, 5) is 13.2. The van der Waals surface area contributed by atoms with Gasteiger partial charge in [0.15, 0.2) is 0 Å². The first-order valence-corrected chi connectivity index (χ1v) is 6.36. The summed E-state index contributed by atoms with van der Waals surface area (Å²) < 4.78 is 0. The first-order chi connectivity index (χ1) is 7.39. The monoisotopic (exact) mass is 225 g/mol. The van der Waals surface area contributed by atoms with Gasteiger partial charge in [-0.05, 0) is 37.0 Å². The fourth-order valence-corrected chi connectivity index (χ4v) is 3.38. The van der Waals surface area contributed by atoms with Crippen LogP contribution in [0.5, 0.6) is 0 Å². The lowest BCUT2D eigenvalue weighted by molar-refractivity contribution is -0.139. The number of carbonyl (C=O) groups is 1. The molecule has 92 valence electrons. The van der Waals surface area contributed by atoms with E-state index in [0.717, 1.165) is 6.42 Å². The second-order valence-electron chi connectivity index (χ2n) is 6.41. The first kappa shape index (κ1) is 11.9. The van der Waals surface area contributed by atoms with E-state index in [0.29, 0.717) is 23.4 Å². The van der Waals surface area contributed by atoms with Crippen LogP contribution in [-0.4, -0.2) is 34.6 Å². The highest BCUT2D eigenvalue weighted by Gasteiger charge is 2.44. The van der Waals surface area contributed by atoms with Gasteiger partial charge in [0.2, 0.25) is 0 Å². The van der Waals surface area contributed by atoms with Gasteiger partial charge in [0.1, 0.15) is 0 Å². The molecule has 0 radical (unpaired) electrons. The zero-order valence-electron chi connectivity index (χ0n) is 10.6. The van der Waals surface area contributed by atoms with E-state index in [2.05, 4.69) is 25.7 Å². The largest absolute Gasteiger partial charge is 0.480 e. The van der Waals surface area contributed by atoms with Gasteiger partial charge in [-0.3, -0.25) is 9.69 Å². The fourth-order valence-electron chi connectivity index (χ4n) is 3.38. The Kier molecular flexibility index (Phi) is 2.99. The minimum Gasteiger partial charge on any atom is -0.480 e. The maximum atomic E-state index is 10.9. The summed E-state index contributed by atoms with van der Waals surface area (Å²) in [5, 5.41) is 9.00. The summed E-state index contributed by atoms with van der Waals surface area (Å²) in [6.07, 6.45) is 4.76. The maximum Gasteiger partial charge on any atom is 0.317 e. The number of carboxylic acids is 1. The predicted molar refractivity (Wildman–Crippen MR) is 63.3 cm³/mol. The van der Waals surface area contributed by atoms with Gasteiger partial charge in [-0.1, -0.05) is 20.8 Å². The molecule has 0 amide bonds. The van der Waals surface area contributed by atoms with E-state index in [-0.39, 0.29) is 6.54 Å². The van der Waals surface area contributed by atoms with Crippen molar-refractivity contribution in [2.24, 2.45) is 11.3 Å². The van der Waals surface area contributed by atoms with Crippen molar-refractivity contribution in [2.75, 3.05) is 6.54 Å². The van der Waals surface area contributed by atoms with E-state index in [4.69, 9.17) is 5.11 Å². The number of nitrogens with zero attached hydrogens (tertiary/aromatic N) is 1. The minimum atomic E-state index is -0.677. The minimum absolute atomic E-state index is 0.232. The van der Waals surface area contributed by atoms with Crippen molar-refractivity contribution in [3.8, 4) is 0 Å². The molecule has 0 aromatic rings. The molecular weight excluding hydrogens is 202 g/mol. The molecule has 0 saturated heterocycles. The molecule has 2 atom stereocenters. The lowest BCUT2D eigenvalue weighted by Gasteiger charge is -2.30. The molecule has 3 nitrogen and oxygen atoms in total. The van der Waals surface area contributed by atoms with Crippen molar-refractivity contribution < 1.29 is 9.90 Å². The molecule has 16 heavy (non-hydrogen) atoms. The number of carboxylic acid groups (broad SMARTS) is 1. The van der Waals surface area contributed by atoms with Crippen molar-refractivity contribution >= 4 is 5.97 Å². The summed E-state index contributed by atoms with van der Waals surface area (Å²) in [5.74, 6) is -0.0428. The summed E-state index contributed by atoms with van der Waals surface area (Å²) in [7, 11) is 0. The van der Waals surface area contributed by atoms with E-state index in [1.165, 1.54) is 19.3 Å². The molecule has 0 aliphatic heterocycles.